The standard InChI is InChI=1S/C16H18N4O2.C15H14N4O2S.H4N2/c1-4-17-16(18-5-1)20-8-6-19(7-9-20)11-13-2-3-14-15(10-13)22-12-21-14;16-12-6-8-14(9-7-12)22(20,21)18-15-10-11-17-19(15)13-4-2-1-3-5-13;1-2/h1-5,10H,6-9,11-12H2;1-11,18H,16H2;1-2H2. The molecule has 0 spiro atoms. The third kappa shape index (κ3) is 8.08. The molecule has 0 amide bonds. The second-order valence-corrected chi connectivity index (χ2v) is 11.8. The number of sulfonamides is 1. The van der Waals surface area contributed by atoms with Crippen molar-refractivity contribution in [2.24, 2.45) is 11.7 Å². The van der Waals surface area contributed by atoms with E-state index >= 15 is 0 Å². The molecule has 15 heteroatoms. The van der Waals surface area contributed by atoms with E-state index in [4.69, 9.17) is 15.2 Å². The summed E-state index contributed by atoms with van der Waals surface area (Å²) >= 11 is 0. The molecular formula is C31H36N10O4S. The van der Waals surface area contributed by atoms with Crippen molar-refractivity contribution in [3.8, 4) is 17.2 Å². The van der Waals surface area contributed by atoms with Crippen LogP contribution >= 0.6 is 0 Å². The minimum Gasteiger partial charge on any atom is -0.454 e. The number of hydrogen-bond donors (Lipinski definition) is 4. The first kappa shape index (κ1) is 32.2. The van der Waals surface area contributed by atoms with Crippen molar-refractivity contribution in [3.63, 3.8) is 0 Å². The number of anilines is 3. The molecule has 5 aromatic rings. The number of nitrogens with one attached hydrogen (secondary N) is 1. The van der Waals surface area contributed by atoms with E-state index in [9.17, 15) is 8.42 Å². The lowest BCUT2D eigenvalue weighted by molar-refractivity contribution is 0.174. The molecule has 14 nitrogen and oxygen atoms in total. The number of fused-ring (bicyclic) bond motifs is 1. The smallest absolute Gasteiger partial charge is 0.263 e. The summed E-state index contributed by atoms with van der Waals surface area (Å²) in [7, 11) is -3.70. The van der Waals surface area contributed by atoms with Gasteiger partial charge < -0.3 is 20.1 Å². The van der Waals surface area contributed by atoms with E-state index in [1.165, 1.54) is 28.6 Å². The fourth-order valence-corrected chi connectivity index (χ4v) is 5.90. The molecule has 3 aromatic carbocycles. The predicted molar refractivity (Wildman–Crippen MR) is 176 cm³/mol. The van der Waals surface area contributed by atoms with Crippen molar-refractivity contribution in [1.29, 1.82) is 0 Å². The van der Waals surface area contributed by atoms with Crippen LogP contribution in [0, 0.1) is 0 Å². The van der Waals surface area contributed by atoms with E-state index in [-0.39, 0.29) is 4.90 Å². The summed E-state index contributed by atoms with van der Waals surface area (Å²) in [6.07, 6.45) is 5.12. The first-order valence-corrected chi connectivity index (χ1v) is 15.9. The van der Waals surface area contributed by atoms with Crippen LogP contribution < -0.4 is 36.5 Å². The molecule has 1 saturated heterocycles. The number of aromatic nitrogens is 4. The molecule has 0 atom stereocenters. The van der Waals surface area contributed by atoms with Crippen LogP contribution in [0.2, 0.25) is 0 Å². The van der Waals surface area contributed by atoms with Crippen LogP contribution in [0.1, 0.15) is 5.56 Å². The number of rotatable bonds is 7. The highest BCUT2D eigenvalue weighted by atomic mass is 32.2. The monoisotopic (exact) mass is 644 g/mol. The summed E-state index contributed by atoms with van der Waals surface area (Å²) in [6, 6.07) is 24.9. The molecular weight excluding hydrogens is 608 g/mol. The van der Waals surface area contributed by atoms with E-state index in [2.05, 4.69) is 53.4 Å². The Hall–Kier alpha value is -5.22. The number of nitrogens with two attached hydrogens (primary N) is 3. The van der Waals surface area contributed by atoms with Gasteiger partial charge in [0.2, 0.25) is 12.7 Å². The Morgan fingerprint density at radius 1 is 0.783 bits per heavy atom. The Labute approximate surface area is 267 Å². The van der Waals surface area contributed by atoms with Crippen molar-refractivity contribution in [2.75, 3.05) is 48.3 Å². The van der Waals surface area contributed by atoms with Crippen molar-refractivity contribution >= 4 is 27.5 Å². The van der Waals surface area contributed by atoms with Gasteiger partial charge in [-0.1, -0.05) is 24.3 Å². The summed E-state index contributed by atoms with van der Waals surface area (Å²) in [5, 5.41) is 4.15. The number of hydrogen-bond acceptors (Lipinski definition) is 12. The third-order valence-corrected chi connectivity index (χ3v) is 8.49. The van der Waals surface area contributed by atoms with Crippen LogP contribution in [0.25, 0.3) is 5.69 Å². The Bertz CT molecular complexity index is 1780. The summed E-state index contributed by atoms with van der Waals surface area (Å²) in [6.45, 7) is 5.18. The highest BCUT2D eigenvalue weighted by Gasteiger charge is 2.20. The fourth-order valence-electron chi connectivity index (χ4n) is 4.86. The van der Waals surface area contributed by atoms with E-state index in [1.54, 1.807) is 30.6 Å². The van der Waals surface area contributed by atoms with Gasteiger partial charge >= 0.3 is 0 Å². The first-order valence-electron chi connectivity index (χ1n) is 14.4. The van der Waals surface area contributed by atoms with Gasteiger partial charge in [0.25, 0.3) is 10.0 Å². The summed E-state index contributed by atoms with van der Waals surface area (Å²) in [4.78, 5) is 13.4. The number of benzene rings is 3. The molecule has 1 fully saturated rings. The molecule has 0 unspecified atom stereocenters. The van der Waals surface area contributed by atoms with E-state index in [0.29, 0.717) is 18.3 Å². The van der Waals surface area contributed by atoms with Gasteiger partial charge in [0.05, 0.1) is 16.8 Å². The number of nitrogen functional groups attached to an aromatic ring is 1. The van der Waals surface area contributed by atoms with Gasteiger partial charge in [0, 0.05) is 56.9 Å². The zero-order chi connectivity index (χ0) is 32.4. The molecule has 0 radical (unpaired) electrons. The van der Waals surface area contributed by atoms with Gasteiger partial charge in [-0.3, -0.25) is 21.3 Å². The zero-order valence-electron chi connectivity index (χ0n) is 25.0. The number of ether oxygens (including phenoxy) is 2. The molecule has 0 bridgehead atoms. The molecule has 0 aliphatic carbocycles. The molecule has 7 N–H and O–H groups in total. The minimum atomic E-state index is -3.70. The van der Waals surface area contributed by atoms with Gasteiger partial charge in [-0.2, -0.15) is 5.10 Å². The van der Waals surface area contributed by atoms with Gasteiger partial charge in [0.1, 0.15) is 5.82 Å². The number of para-hydroxylation sites is 1. The minimum absolute atomic E-state index is 0.141. The van der Waals surface area contributed by atoms with E-state index < -0.39 is 10.0 Å². The van der Waals surface area contributed by atoms with Crippen molar-refractivity contribution < 1.29 is 17.9 Å². The molecule has 0 saturated carbocycles. The SMILES string of the molecule is NN.Nc1ccc(S(=O)(=O)Nc2ccnn2-c2ccccc2)cc1.c1cnc(N2CCN(Cc3ccc4c(c3)OCO4)CC2)nc1. The van der Waals surface area contributed by atoms with Crippen LogP contribution in [-0.4, -0.2) is 66.0 Å². The van der Waals surface area contributed by atoms with Gasteiger partial charge in [-0.15, -0.1) is 0 Å². The Morgan fingerprint density at radius 3 is 2.20 bits per heavy atom. The van der Waals surface area contributed by atoms with Crippen LogP contribution in [0.4, 0.5) is 17.5 Å². The fraction of sp³-hybridized carbons (Fsp3) is 0.194. The molecule has 46 heavy (non-hydrogen) atoms. The second kappa shape index (κ2) is 15.2. The Morgan fingerprint density at radius 2 is 1.48 bits per heavy atom. The van der Waals surface area contributed by atoms with E-state index in [1.807, 2.05) is 42.5 Å². The van der Waals surface area contributed by atoms with Crippen molar-refractivity contribution in [1.82, 2.24) is 24.6 Å². The normalized spacial score (nSPS) is 14.0. The van der Waals surface area contributed by atoms with Crippen molar-refractivity contribution in [2.45, 2.75) is 11.4 Å². The average molecular weight is 645 g/mol. The van der Waals surface area contributed by atoms with Crippen LogP contribution in [0.5, 0.6) is 11.5 Å². The van der Waals surface area contributed by atoms with Crippen LogP contribution in [-0.2, 0) is 16.6 Å². The second-order valence-electron chi connectivity index (χ2n) is 10.1. The Balaban J connectivity index is 0.000000172. The summed E-state index contributed by atoms with van der Waals surface area (Å²) in [5.74, 6) is 10.9. The average Bonchev–Trinajstić information content (AvgIpc) is 3.76. The first-order chi connectivity index (χ1) is 22.4. The zero-order valence-corrected chi connectivity index (χ0v) is 25.8. The lowest BCUT2D eigenvalue weighted by Crippen LogP contribution is -2.46. The summed E-state index contributed by atoms with van der Waals surface area (Å²) in [5.41, 5.74) is 8.11. The maximum absolute atomic E-state index is 12.4. The number of piperazine rings is 1. The number of nitrogens with zero attached hydrogens (tertiary/aromatic N) is 6. The largest absolute Gasteiger partial charge is 0.454 e. The molecule has 240 valence electrons. The predicted octanol–water partition coefficient (Wildman–Crippen LogP) is 2.60. The molecule has 2 aliphatic heterocycles. The lowest BCUT2D eigenvalue weighted by atomic mass is 10.1. The third-order valence-electron chi connectivity index (χ3n) is 7.12. The van der Waals surface area contributed by atoms with Crippen LogP contribution in [0.3, 0.4) is 0 Å². The highest BCUT2D eigenvalue weighted by Crippen LogP contribution is 2.33. The van der Waals surface area contributed by atoms with Crippen LogP contribution in [0.15, 0.2) is 108 Å². The molecule has 2 aromatic heterocycles. The maximum Gasteiger partial charge on any atom is 0.263 e. The number of hydrazine groups is 1. The van der Waals surface area contributed by atoms with Gasteiger partial charge in [-0.25, -0.2) is 23.1 Å². The van der Waals surface area contributed by atoms with Gasteiger partial charge in [0.15, 0.2) is 11.5 Å². The van der Waals surface area contributed by atoms with E-state index in [0.717, 1.165) is 55.9 Å². The summed E-state index contributed by atoms with van der Waals surface area (Å²) < 4.78 is 39.6. The van der Waals surface area contributed by atoms with Crippen molar-refractivity contribution in [3.05, 3.63) is 109 Å². The highest BCUT2D eigenvalue weighted by molar-refractivity contribution is 7.92. The molecule has 2 aliphatic rings. The topological polar surface area (TPSA) is 193 Å². The Kier molecular flexibility index (Phi) is 10.6. The molecule has 7 rings (SSSR count). The quantitative estimate of drug-likeness (QED) is 0.115. The maximum atomic E-state index is 12.4. The molecule has 4 heterocycles. The lowest BCUT2D eigenvalue weighted by Gasteiger charge is -2.34. The van der Waals surface area contributed by atoms with Gasteiger partial charge in [-0.05, 0) is 60.2 Å².